The Balaban J connectivity index is 1.52. The minimum Gasteiger partial charge on any atom is -0.455 e. The highest BCUT2D eigenvalue weighted by Crippen LogP contribution is 2.44. The monoisotopic (exact) mass is 391 g/mol. The Bertz CT molecular complexity index is 1360. The quantitative estimate of drug-likeness (QED) is 0.483. The zero-order chi connectivity index (χ0) is 20.2. The van der Waals surface area contributed by atoms with Gasteiger partial charge >= 0.3 is 6.98 Å². The molecule has 2 aliphatic rings. The number of benzene rings is 3. The number of furan rings is 1. The van der Waals surface area contributed by atoms with Crippen LogP contribution in [0.2, 0.25) is 0 Å². The number of hydrogen-bond acceptors (Lipinski definition) is 4. The van der Waals surface area contributed by atoms with Crippen molar-refractivity contribution in [1.29, 1.82) is 0 Å². The highest BCUT2D eigenvalue weighted by molar-refractivity contribution is 6.75. The molecule has 1 atom stereocenters. The van der Waals surface area contributed by atoms with E-state index in [1.54, 1.807) is 0 Å². The van der Waals surface area contributed by atoms with Crippen molar-refractivity contribution in [3.63, 3.8) is 0 Å². The lowest BCUT2D eigenvalue weighted by Gasteiger charge is -2.37. The minimum atomic E-state index is 0.0865. The fourth-order valence-electron chi connectivity index (χ4n) is 4.88. The lowest BCUT2D eigenvalue weighted by Crippen LogP contribution is -2.56. The molecule has 0 bridgehead atoms. The number of rotatable bonds is 2. The molecule has 3 aromatic carbocycles. The predicted molar refractivity (Wildman–Crippen MR) is 125 cm³/mol. The van der Waals surface area contributed by atoms with Crippen LogP contribution in [0.4, 0.5) is 17.1 Å². The normalized spacial score (nSPS) is 17.6. The first kappa shape index (κ1) is 17.3. The van der Waals surface area contributed by atoms with Crippen LogP contribution in [0.3, 0.4) is 0 Å². The van der Waals surface area contributed by atoms with Crippen LogP contribution in [-0.2, 0) is 0 Å². The van der Waals surface area contributed by atoms with Crippen molar-refractivity contribution < 1.29 is 4.42 Å². The summed E-state index contributed by atoms with van der Waals surface area (Å²) in [4.78, 5) is 7.15. The van der Waals surface area contributed by atoms with E-state index in [0.717, 1.165) is 11.0 Å². The number of hydrogen-bond donors (Lipinski definition) is 0. The van der Waals surface area contributed by atoms with E-state index in [0.29, 0.717) is 0 Å². The Morgan fingerprint density at radius 3 is 2.37 bits per heavy atom. The second kappa shape index (κ2) is 6.46. The van der Waals surface area contributed by atoms with E-state index in [-0.39, 0.29) is 13.1 Å². The van der Waals surface area contributed by atoms with Gasteiger partial charge in [0.1, 0.15) is 11.0 Å². The molecule has 0 N–H and O–H groups in total. The summed E-state index contributed by atoms with van der Waals surface area (Å²) in [5.41, 5.74) is 5.55. The Labute approximate surface area is 176 Å². The summed E-state index contributed by atoms with van der Waals surface area (Å²) in [6.07, 6.45) is 2.29. The molecule has 0 amide bonds. The zero-order valence-electron chi connectivity index (χ0n) is 17.1. The summed E-state index contributed by atoms with van der Waals surface area (Å²) in [6.45, 7) is 2.36. The molecule has 6 rings (SSSR count). The van der Waals surface area contributed by atoms with E-state index in [1.165, 1.54) is 27.7 Å². The topological polar surface area (TPSA) is 22.9 Å². The molecule has 2 aliphatic heterocycles. The van der Waals surface area contributed by atoms with Gasteiger partial charge in [-0.3, -0.25) is 0 Å². The van der Waals surface area contributed by atoms with Crippen LogP contribution >= 0.6 is 0 Å². The van der Waals surface area contributed by atoms with Gasteiger partial charge in [0.25, 0.3) is 0 Å². The lowest BCUT2D eigenvalue weighted by atomic mass is 9.69. The number of para-hydroxylation sites is 4. The zero-order valence-corrected chi connectivity index (χ0v) is 17.1. The number of nitrogens with zero attached hydrogens (tertiary/aromatic N) is 3. The van der Waals surface area contributed by atoms with E-state index in [1.807, 2.05) is 12.1 Å². The Kier molecular flexibility index (Phi) is 3.72. The molecule has 1 aromatic heterocycles. The maximum atomic E-state index is 6.10. The van der Waals surface area contributed by atoms with Crippen LogP contribution in [0.1, 0.15) is 6.92 Å². The molecule has 4 aromatic rings. The molecule has 3 heterocycles. The van der Waals surface area contributed by atoms with Crippen LogP contribution in [-0.4, -0.2) is 25.0 Å². The SMILES string of the molecule is C[C@@H]1N(B2C=c3c(oc4ccccc34)=CN2C)c2ccccc2N1c1ccccc1. The molecule has 0 saturated heterocycles. The first-order chi connectivity index (χ1) is 14.7. The molecule has 0 aliphatic carbocycles. The van der Waals surface area contributed by atoms with Gasteiger partial charge in [-0.15, -0.1) is 0 Å². The van der Waals surface area contributed by atoms with Crippen LogP contribution in [0.25, 0.3) is 23.1 Å². The molecule has 146 valence electrons. The van der Waals surface area contributed by atoms with Gasteiger partial charge in [0.2, 0.25) is 0 Å². The number of fused-ring (bicyclic) bond motifs is 4. The Morgan fingerprint density at radius 2 is 1.53 bits per heavy atom. The minimum absolute atomic E-state index is 0.0865. The maximum Gasteiger partial charge on any atom is 0.405 e. The molecule has 0 radical (unpaired) electrons. The van der Waals surface area contributed by atoms with Gasteiger partial charge in [-0.25, -0.2) is 0 Å². The van der Waals surface area contributed by atoms with Crippen molar-refractivity contribution in [1.82, 2.24) is 4.81 Å². The summed E-state index contributed by atoms with van der Waals surface area (Å²) in [7, 11) is 2.12. The van der Waals surface area contributed by atoms with Gasteiger partial charge in [0.15, 0.2) is 0 Å². The van der Waals surface area contributed by atoms with Gasteiger partial charge in [-0.05, 0) is 44.3 Å². The van der Waals surface area contributed by atoms with E-state index >= 15 is 0 Å². The van der Waals surface area contributed by atoms with Gasteiger partial charge in [0, 0.05) is 22.5 Å². The van der Waals surface area contributed by atoms with Gasteiger partial charge < -0.3 is 18.9 Å². The van der Waals surface area contributed by atoms with E-state index < -0.39 is 0 Å². The van der Waals surface area contributed by atoms with Crippen molar-refractivity contribution in [2.45, 2.75) is 13.1 Å². The summed E-state index contributed by atoms with van der Waals surface area (Å²) in [5, 5.41) is 2.35. The van der Waals surface area contributed by atoms with Crippen LogP contribution in [0, 0.1) is 0 Å². The van der Waals surface area contributed by atoms with Crippen molar-refractivity contribution in [2.75, 3.05) is 16.8 Å². The third kappa shape index (κ3) is 2.41. The molecule has 5 heteroatoms. The van der Waals surface area contributed by atoms with Gasteiger partial charge in [0.05, 0.1) is 17.5 Å². The first-order valence-electron chi connectivity index (χ1n) is 10.4. The van der Waals surface area contributed by atoms with Crippen molar-refractivity contribution in [3.05, 3.63) is 89.5 Å². The molecule has 0 unspecified atom stereocenters. The smallest absolute Gasteiger partial charge is 0.405 e. The first-order valence-corrected chi connectivity index (χ1v) is 10.4. The molecule has 0 fully saturated rings. The summed E-state index contributed by atoms with van der Waals surface area (Å²) < 4.78 is 6.10. The fourth-order valence-corrected chi connectivity index (χ4v) is 4.88. The Hall–Kier alpha value is -3.60. The highest BCUT2D eigenvalue weighted by atomic mass is 16.3. The van der Waals surface area contributed by atoms with E-state index in [9.17, 15) is 0 Å². The molecular formula is C25H22BN3O. The average Bonchev–Trinajstić information content (AvgIpc) is 3.27. The van der Waals surface area contributed by atoms with Crippen LogP contribution in [0.5, 0.6) is 0 Å². The summed E-state index contributed by atoms with van der Waals surface area (Å²) in [5.74, 6) is 2.34. The van der Waals surface area contributed by atoms with E-state index in [2.05, 4.69) is 107 Å². The second-order valence-corrected chi connectivity index (χ2v) is 7.98. The number of anilines is 3. The average molecular weight is 391 g/mol. The molecule has 0 spiro atoms. The highest BCUT2D eigenvalue weighted by Gasteiger charge is 2.41. The molecular weight excluding hydrogens is 369 g/mol. The fraction of sp³-hybridized carbons (Fsp3) is 0.120. The molecule has 4 nitrogen and oxygen atoms in total. The second-order valence-electron chi connectivity index (χ2n) is 7.98. The molecule has 0 saturated carbocycles. The van der Waals surface area contributed by atoms with Crippen molar-refractivity contribution >= 4 is 47.2 Å². The van der Waals surface area contributed by atoms with Gasteiger partial charge in [-0.1, -0.05) is 54.5 Å². The van der Waals surface area contributed by atoms with E-state index in [4.69, 9.17) is 4.42 Å². The standard InChI is InChI=1S/C25H22BN3O/c1-18-28(19-10-4-3-5-11-19)22-13-7-8-14-23(22)29(18)26-16-21-20-12-6-9-15-24(20)30-25(21)17-27(26)2/h3-18H,1-2H3/t18-/m0/s1. The van der Waals surface area contributed by atoms with Crippen molar-refractivity contribution in [2.24, 2.45) is 0 Å². The largest absolute Gasteiger partial charge is 0.455 e. The predicted octanol–water partition coefficient (Wildman–Crippen LogP) is 3.93. The third-order valence-electron chi connectivity index (χ3n) is 6.23. The van der Waals surface area contributed by atoms with Crippen molar-refractivity contribution in [3.8, 4) is 0 Å². The van der Waals surface area contributed by atoms with Crippen LogP contribution in [0.15, 0.2) is 83.3 Å². The maximum absolute atomic E-state index is 6.10. The summed E-state index contributed by atoms with van der Waals surface area (Å²) in [6, 6.07) is 27.6. The summed E-state index contributed by atoms with van der Waals surface area (Å²) >= 11 is 0. The molecule has 30 heavy (non-hydrogen) atoms. The van der Waals surface area contributed by atoms with Gasteiger partial charge in [-0.2, -0.15) is 0 Å². The van der Waals surface area contributed by atoms with Crippen LogP contribution < -0.4 is 20.3 Å². The third-order valence-corrected chi connectivity index (χ3v) is 6.23. The Morgan fingerprint density at radius 1 is 0.833 bits per heavy atom. The lowest BCUT2D eigenvalue weighted by molar-refractivity contribution is 0.561.